The number of hydrogen-bond donors (Lipinski definition) is 1. The molecule has 0 aliphatic carbocycles. The van der Waals surface area contributed by atoms with Crippen LogP contribution in [0.2, 0.25) is 0 Å². The van der Waals surface area contributed by atoms with E-state index in [4.69, 9.17) is 0 Å². The van der Waals surface area contributed by atoms with Crippen LogP contribution in [0.15, 0.2) is 48.5 Å². The lowest BCUT2D eigenvalue weighted by Crippen LogP contribution is -2.49. The van der Waals surface area contributed by atoms with Crippen molar-refractivity contribution in [2.45, 2.75) is 66.5 Å². The molecule has 180 valence electrons. The van der Waals surface area contributed by atoms with Crippen molar-refractivity contribution in [2.75, 3.05) is 0 Å². The van der Waals surface area contributed by atoms with E-state index in [-0.39, 0.29) is 23.5 Å². The van der Waals surface area contributed by atoms with Gasteiger partial charge in [-0.3, -0.25) is 9.59 Å². The first kappa shape index (κ1) is 25.3. The van der Waals surface area contributed by atoms with E-state index in [0.717, 1.165) is 35.1 Å². The fraction of sp³-hybridized carbons (Fsp3) is 0.444. The molecule has 0 bridgehead atoms. The van der Waals surface area contributed by atoms with Crippen LogP contribution >= 0.6 is 0 Å². The largest absolute Gasteiger partial charge is 0.328 e. The number of aromatic amines is 1. The van der Waals surface area contributed by atoms with Crippen molar-refractivity contribution in [1.82, 2.24) is 25.5 Å². The molecule has 3 rings (SSSR count). The third-order valence-corrected chi connectivity index (χ3v) is 6.02. The van der Waals surface area contributed by atoms with E-state index in [1.807, 2.05) is 76.2 Å². The van der Waals surface area contributed by atoms with Crippen LogP contribution in [0.5, 0.6) is 0 Å². The number of carbonyl (C=O) groups excluding carboxylic acids is 2. The molecule has 7 nitrogen and oxygen atoms in total. The Morgan fingerprint density at radius 3 is 2.21 bits per heavy atom. The average Bonchev–Trinajstić information content (AvgIpc) is 3.37. The predicted octanol–water partition coefficient (Wildman–Crippen LogP) is 5.30. The quantitative estimate of drug-likeness (QED) is 0.418. The molecule has 0 aliphatic rings. The number of H-pyrrole nitrogens is 1. The van der Waals surface area contributed by atoms with Crippen molar-refractivity contribution >= 4 is 11.7 Å². The first-order valence-electron chi connectivity index (χ1n) is 12.1. The van der Waals surface area contributed by atoms with Gasteiger partial charge in [-0.25, -0.2) is 0 Å². The zero-order valence-electron chi connectivity index (χ0n) is 20.8. The topological polar surface area (TPSA) is 91.8 Å². The number of nitrogens with one attached hydrogen (secondary N) is 1. The summed E-state index contributed by atoms with van der Waals surface area (Å²) in [6.45, 7) is 10.3. The third-order valence-electron chi connectivity index (χ3n) is 6.02. The summed E-state index contributed by atoms with van der Waals surface area (Å²) in [6, 6.07) is 15.6. The van der Waals surface area contributed by atoms with E-state index < -0.39 is 6.04 Å². The van der Waals surface area contributed by atoms with Gasteiger partial charge in [0.05, 0.1) is 6.04 Å². The Labute approximate surface area is 202 Å². The van der Waals surface area contributed by atoms with Crippen LogP contribution in [-0.2, 0) is 16.1 Å². The average molecular weight is 462 g/mol. The SMILES string of the molecule is CCCCC(=O)N(Cc1ccc(-c2ccccc2-c2nn[nH]n2)cc1)[C@H](C(=O)C(C)C)C(C)C. The Hall–Kier alpha value is -3.35. The van der Waals surface area contributed by atoms with Gasteiger partial charge in [-0.15, -0.1) is 10.2 Å². The summed E-state index contributed by atoms with van der Waals surface area (Å²) in [4.78, 5) is 28.1. The molecule has 1 atom stereocenters. The Morgan fingerprint density at radius 1 is 0.971 bits per heavy atom. The van der Waals surface area contributed by atoms with Crippen LogP contribution in [-0.4, -0.2) is 43.3 Å². The van der Waals surface area contributed by atoms with Crippen LogP contribution in [0.3, 0.4) is 0 Å². The smallest absolute Gasteiger partial charge is 0.223 e. The first-order chi connectivity index (χ1) is 16.3. The number of nitrogens with zero attached hydrogens (tertiary/aromatic N) is 4. The molecule has 7 heteroatoms. The lowest BCUT2D eigenvalue weighted by molar-refractivity contribution is -0.143. The number of hydrogen-bond acceptors (Lipinski definition) is 5. The van der Waals surface area contributed by atoms with Crippen LogP contribution < -0.4 is 0 Å². The number of unbranched alkanes of at least 4 members (excludes halogenated alkanes) is 1. The summed E-state index contributed by atoms with van der Waals surface area (Å²) in [6.07, 6.45) is 2.22. The Kier molecular flexibility index (Phi) is 8.68. The molecule has 1 N–H and O–H groups in total. The Bertz CT molecular complexity index is 1070. The summed E-state index contributed by atoms with van der Waals surface area (Å²) in [5.41, 5.74) is 3.91. The number of rotatable bonds is 11. The van der Waals surface area contributed by atoms with Crippen LogP contribution in [0, 0.1) is 11.8 Å². The molecular weight excluding hydrogens is 426 g/mol. The van der Waals surface area contributed by atoms with Crippen molar-refractivity contribution in [2.24, 2.45) is 11.8 Å². The molecular formula is C27H35N5O2. The zero-order valence-corrected chi connectivity index (χ0v) is 20.8. The highest BCUT2D eigenvalue weighted by Gasteiger charge is 2.33. The van der Waals surface area contributed by atoms with Gasteiger partial charge in [0.1, 0.15) is 0 Å². The van der Waals surface area contributed by atoms with Crippen LogP contribution in [0.4, 0.5) is 0 Å². The van der Waals surface area contributed by atoms with Crippen molar-refractivity contribution in [3.63, 3.8) is 0 Å². The van der Waals surface area contributed by atoms with Crippen LogP contribution in [0.25, 0.3) is 22.5 Å². The monoisotopic (exact) mass is 461 g/mol. The molecule has 0 radical (unpaired) electrons. The summed E-state index contributed by atoms with van der Waals surface area (Å²) in [5.74, 6) is 0.616. The second kappa shape index (κ2) is 11.7. The molecule has 1 heterocycles. The van der Waals surface area contributed by atoms with Crippen molar-refractivity contribution < 1.29 is 9.59 Å². The van der Waals surface area contributed by atoms with E-state index in [1.165, 1.54) is 0 Å². The first-order valence-corrected chi connectivity index (χ1v) is 12.1. The predicted molar refractivity (Wildman–Crippen MR) is 134 cm³/mol. The van der Waals surface area contributed by atoms with Crippen molar-refractivity contribution in [1.29, 1.82) is 0 Å². The number of ketones is 1. The standard InChI is InChI=1S/C27H35N5O2/c1-6-7-12-24(33)32(25(18(2)3)26(34)19(4)5)17-20-13-15-21(16-14-20)22-10-8-9-11-23(22)27-28-30-31-29-27/h8-11,13-16,18-19,25H,6-7,12,17H2,1-5H3,(H,28,29,30,31)/t25-/m0/s1. The summed E-state index contributed by atoms with van der Waals surface area (Å²) >= 11 is 0. The fourth-order valence-electron chi connectivity index (χ4n) is 4.19. The summed E-state index contributed by atoms with van der Waals surface area (Å²) < 4.78 is 0. The molecule has 0 unspecified atom stereocenters. The minimum atomic E-state index is -0.428. The summed E-state index contributed by atoms with van der Waals surface area (Å²) in [5, 5.41) is 14.4. The van der Waals surface area contributed by atoms with Gasteiger partial charge in [0, 0.05) is 24.4 Å². The highest BCUT2D eigenvalue weighted by molar-refractivity contribution is 5.90. The highest BCUT2D eigenvalue weighted by atomic mass is 16.2. The van der Waals surface area contributed by atoms with Crippen LogP contribution in [0.1, 0.15) is 59.4 Å². The van der Waals surface area contributed by atoms with Crippen molar-refractivity contribution in [3.05, 3.63) is 54.1 Å². The molecule has 0 spiro atoms. The van der Waals surface area contributed by atoms with Crippen molar-refractivity contribution in [3.8, 4) is 22.5 Å². The van der Waals surface area contributed by atoms with E-state index >= 15 is 0 Å². The zero-order chi connectivity index (χ0) is 24.7. The van der Waals surface area contributed by atoms with Gasteiger partial charge in [-0.2, -0.15) is 5.21 Å². The number of aromatic nitrogens is 4. The second-order valence-electron chi connectivity index (χ2n) is 9.35. The maximum Gasteiger partial charge on any atom is 0.223 e. The van der Waals surface area contributed by atoms with Gasteiger partial charge in [-0.05, 0) is 34.2 Å². The lowest BCUT2D eigenvalue weighted by Gasteiger charge is -2.35. The molecule has 3 aromatic rings. The fourth-order valence-corrected chi connectivity index (χ4v) is 4.19. The minimum absolute atomic E-state index is 0.0427. The molecule has 1 amide bonds. The second-order valence-corrected chi connectivity index (χ2v) is 9.35. The molecule has 0 fully saturated rings. The van der Waals surface area contributed by atoms with E-state index in [9.17, 15) is 9.59 Å². The Balaban J connectivity index is 1.90. The third kappa shape index (κ3) is 5.95. The molecule has 34 heavy (non-hydrogen) atoms. The van der Waals surface area contributed by atoms with Gasteiger partial charge in [0.25, 0.3) is 0 Å². The molecule has 2 aromatic carbocycles. The van der Waals surface area contributed by atoms with Gasteiger partial charge >= 0.3 is 0 Å². The maximum absolute atomic E-state index is 13.2. The summed E-state index contributed by atoms with van der Waals surface area (Å²) in [7, 11) is 0. The molecule has 0 aliphatic heterocycles. The van der Waals surface area contributed by atoms with E-state index in [2.05, 4.69) is 27.5 Å². The van der Waals surface area contributed by atoms with E-state index in [1.54, 1.807) is 4.90 Å². The molecule has 0 saturated carbocycles. The maximum atomic E-state index is 13.2. The van der Waals surface area contributed by atoms with Gasteiger partial charge in [0.15, 0.2) is 5.78 Å². The molecule has 0 saturated heterocycles. The number of tetrazole rings is 1. The van der Waals surface area contributed by atoms with Gasteiger partial charge < -0.3 is 4.90 Å². The number of amides is 1. The highest BCUT2D eigenvalue weighted by Crippen LogP contribution is 2.30. The molecule has 1 aromatic heterocycles. The lowest BCUT2D eigenvalue weighted by atomic mass is 9.90. The minimum Gasteiger partial charge on any atom is -0.328 e. The normalized spacial score (nSPS) is 12.2. The Morgan fingerprint density at radius 2 is 1.65 bits per heavy atom. The number of Topliss-reactive ketones (excluding diaryl/α,β-unsaturated/α-hetero) is 1. The number of carbonyl (C=O) groups is 2. The number of benzene rings is 2. The van der Waals surface area contributed by atoms with Gasteiger partial charge in [-0.1, -0.05) is 89.6 Å². The van der Waals surface area contributed by atoms with E-state index in [0.29, 0.717) is 18.8 Å². The van der Waals surface area contributed by atoms with Gasteiger partial charge in [0.2, 0.25) is 11.7 Å².